The Bertz CT molecular complexity index is 912. The maximum absolute atomic E-state index is 12.1. The van der Waals surface area contributed by atoms with Gasteiger partial charge in [0.05, 0.1) is 5.02 Å². The van der Waals surface area contributed by atoms with E-state index in [-0.39, 0.29) is 24.9 Å². The summed E-state index contributed by atoms with van der Waals surface area (Å²) in [4.78, 5) is 22.1. The molecule has 0 aliphatic carbocycles. The van der Waals surface area contributed by atoms with Crippen molar-refractivity contribution in [1.29, 1.82) is 0 Å². The molecule has 24 heavy (non-hydrogen) atoms. The molecule has 1 aliphatic heterocycles. The van der Waals surface area contributed by atoms with Gasteiger partial charge in [0.1, 0.15) is 6.54 Å². The molecule has 3 aromatic rings. The SMILES string of the molecule is O=C1COc2cccnc2N1Cc1nc(-c2ccccc2Cl)no1. The molecule has 1 aliphatic rings. The Morgan fingerprint density at radius 1 is 1.21 bits per heavy atom. The predicted octanol–water partition coefficient (Wildman–Crippen LogP) is 2.71. The van der Waals surface area contributed by atoms with Gasteiger partial charge in [0.25, 0.3) is 5.91 Å². The van der Waals surface area contributed by atoms with Gasteiger partial charge in [-0.2, -0.15) is 4.98 Å². The van der Waals surface area contributed by atoms with E-state index in [0.29, 0.717) is 28.0 Å². The number of ether oxygens (including phenoxy) is 1. The van der Waals surface area contributed by atoms with Crippen LogP contribution in [0.5, 0.6) is 5.75 Å². The summed E-state index contributed by atoms with van der Waals surface area (Å²) in [5, 5.41) is 4.46. The van der Waals surface area contributed by atoms with Crippen LogP contribution in [-0.4, -0.2) is 27.6 Å². The van der Waals surface area contributed by atoms with Crippen LogP contribution in [0.2, 0.25) is 5.02 Å². The number of rotatable bonds is 3. The standard InChI is InChI=1S/C16H11ClN4O3/c17-11-5-2-1-4-10(11)15-19-13(24-20-15)8-21-14(22)9-23-12-6-3-7-18-16(12)21/h1-7H,8-9H2. The van der Waals surface area contributed by atoms with Crippen LogP contribution in [0, 0.1) is 0 Å². The molecule has 0 unspecified atom stereocenters. The fourth-order valence-electron chi connectivity index (χ4n) is 2.40. The third-order valence-corrected chi connectivity index (χ3v) is 3.86. The number of carbonyl (C=O) groups is 1. The highest BCUT2D eigenvalue weighted by Crippen LogP contribution is 2.30. The average molecular weight is 343 g/mol. The van der Waals surface area contributed by atoms with Crippen LogP contribution in [0.3, 0.4) is 0 Å². The maximum Gasteiger partial charge on any atom is 0.266 e. The van der Waals surface area contributed by atoms with E-state index in [1.807, 2.05) is 12.1 Å². The van der Waals surface area contributed by atoms with Crippen LogP contribution in [-0.2, 0) is 11.3 Å². The van der Waals surface area contributed by atoms with E-state index in [1.165, 1.54) is 4.90 Å². The summed E-state index contributed by atoms with van der Waals surface area (Å²) in [6.07, 6.45) is 1.59. The largest absolute Gasteiger partial charge is 0.480 e. The van der Waals surface area contributed by atoms with E-state index in [4.69, 9.17) is 20.9 Å². The number of benzene rings is 1. The highest BCUT2D eigenvalue weighted by atomic mass is 35.5. The van der Waals surface area contributed by atoms with Crippen molar-refractivity contribution in [1.82, 2.24) is 15.1 Å². The Labute approximate surface area is 141 Å². The van der Waals surface area contributed by atoms with E-state index in [0.717, 1.165) is 0 Å². The van der Waals surface area contributed by atoms with Crippen molar-refractivity contribution in [3.63, 3.8) is 0 Å². The minimum absolute atomic E-state index is 0.0514. The molecule has 120 valence electrons. The third-order valence-electron chi connectivity index (χ3n) is 3.53. The van der Waals surface area contributed by atoms with E-state index < -0.39 is 0 Å². The van der Waals surface area contributed by atoms with E-state index >= 15 is 0 Å². The van der Waals surface area contributed by atoms with Gasteiger partial charge in [-0.3, -0.25) is 9.69 Å². The number of fused-ring (bicyclic) bond motifs is 1. The third kappa shape index (κ3) is 2.59. The molecule has 0 N–H and O–H groups in total. The highest BCUT2D eigenvalue weighted by Gasteiger charge is 2.28. The molecule has 0 atom stereocenters. The first-order chi connectivity index (χ1) is 11.7. The number of hydrogen-bond donors (Lipinski definition) is 0. The summed E-state index contributed by atoms with van der Waals surface area (Å²) < 4.78 is 10.6. The Balaban J connectivity index is 1.63. The normalized spacial score (nSPS) is 13.5. The molecule has 1 aromatic carbocycles. The fraction of sp³-hybridized carbons (Fsp3) is 0.125. The zero-order valence-corrected chi connectivity index (χ0v) is 13.1. The lowest BCUT2D eigenvalue weighted by Gasteiger charge is -2.26. The van der Waals surface area contributed by atoms with Gasteiger partial charge in [0, 0.05) is 11.8 Å². The van der Waals surface area contributed by atoms with Gasteiger partial charge in [0.2, 0.25) is 11.7 Å². The van der Waals surface area contributed by atoms with Gasteiger partial charge < -0.3 is 9.26 Å². The lowest BCUT2D eigenvalue weighted by Crippen LogP contribution is -2.38. The summed E-state index contributed by atoms with van der Waals surface area (Å²) in [7, 11) is 0. The zero-order valence-electron chi connectivity index (χ0n) is 12.3. The van der Waals surface area contributed by atoms with Crippen molar-refractivity contribution >= 4 is 23.3 Å². The van der Waals surface area contributed by atoms with Crippen LogP contribution in [0.1, 0.15) is 5.89 Å². The van der Waals surface area contributed by atoms with Crippen LogP contribution in [0.4, 0.5) is 5.82 Å². The molecule has 0 spiro atoms. The first kappa shape index (κ1) is 14.6. The molecule has 1 amide bonds. The number of anilines is 1. The minimum Gasteiger partial charge on any atom is -0.480 e. The van der Waals surface area contributed by atoms with Gasteiger partial charge in [-0.05, 0) is 24.3 Å². The van der Waals surface area contributed by atoms with Crippen LogP contribution in [0.25, 0.3) is 11.4 Å². The molecule has 8 heteroatoms. The Hall–Kier alpha value is -2.93. The average Bonchev–Trinajstić information content (AvgIpc) is 3.06. The van der Waals surface area contributed by atoms with Crippen molar-refractivity contribution in [2.45, 2.75) is 6.54 Å². The summed E-state index contributed by atoms with van der Waals surface area (Å²) in [5.74, 6) is 1.42. The van der Waals surface area contributed by atoms with Gasteiger partial charge in [-0.1, -0.05) is 28.9 Å². The zero-order chi connectivity index (χ0) is 16.5. The van der Waals surface area contributed by atoms with Gasteiger partial charge in [-0.25, -0.2) is 4.98 Å². The lowest BCUT2D eigenvalue weighted by molar-refractivity contribution is -0.121. The second kappa shape index (κ2) is 5.93. The van der Waals surface area contributed by atoms with Crippen molar-refractivity contribution < 1.29 is 14.1 Å². The van der Waals surface area contributed by atoms with Crippen LogP contribution < -0.4 is 9.64 Å². The highest BCUT2D eigenvalue weighted by molar-refractivity contribution is 6.33. The Morgan fingerprint density at radius 3 is 2.96 bits per heavy atom. The molecule has 0 fully saturated rings. The molecule has 0 saturated heterocycles. The number of nitrogens with zero attached hydrogens (tertiary/aromatic N) is 4. The molecule has 7 nitrogen and oxygen atoms in total. The van der Waals surface area contributed by atoms with Gasteiger partial charge in [-0.15, -0.1) is 0 Å². The minimum atomic E-state index is -0.223. The molecular formula is C16H11ClN4O3. The molecular weight excluding hydrogens is 332 g/mol. The van der Waals surface area contributed by atoms with Crippen molar-refractivity contribution in [2.75, 3.05) is 11.5 Å². The quantitative estimate of drug-likeness (QED) is 0.728. The molecule has 4 rings (SSSR count). The number of amides is 1. The molecule has 0 bridgehead atoms. The van der Waals surface area contributed by atoms with E-state index in [1.54, 1.807) is 30.5 Å². The van der Waals surface area contributed by atoms with Gasteiger partial charge in [0.15, 0.2) is 18.2 Å². The molecule has 0 saturated carbocycles. The van der Waals surface area contributed by atoms with Crippen molar-refractivity contribution in [3.8, 4) is 17.1 Å². The van der Waals surface area contributed by atoms with Gasteiger partial charge >= 0.3 is 0 Å². The predicted molar refractivity (Wildman–Crippen MR) is 85.7 cm³/mol. The van der Waals surface area contributed by atoms with Crippen molar-refractivity contribution in [2.24, 2.45) is 0 Å². The first-order valence-electron chi connectivity index (χ1n) is 7.18. The number of hydrogen-bond acceptors (Lipinski definition) is 6. The number of aromatic nitrogens is 3. The summed E-state index contributed by atoms with van der Waals surface area (Å²) in [6.45, 7) is 0.0634. The van der Waals surface area contributed by atoms with E-state index in [9.17, 15) is 4.79 Å². The second-order valence-electron chi connectivity index (χ2n) is 5.09. The maximum atomic E-state index is 12.1. The lowest BCUT2D eigenvalue weighted by atomic mass is 10.2. The summed E-state index contributed by atoms with van der Waals surface area (Å²) in [5.41, 5.74) is 0.668. The fourth-order valence-corrected chi connectivity index (χ4v) is 2.62. The second-order valence-corrected chi connectivity index (χ2v) is 5.49. The van der Waals surface area contributed by atoms with Crippen LogP contribution >= 0.6 is 11.6 Å². The molecule has 0 radical (unpaired) electrons. The first-order valence-corrected chi connectivity index (χ1v) is 7.56. The molecule has 3 heterocycles. The summed E-state index contributed by atoms with van der Waals surface area (Å²) >= 11 is 6.14. The molecule has 2 aromatic heterocycles. The van der Waals surface area contributed by atoms with E-state index in [2.05, 4.69) is 15.1 Å². The Kier molecular flexibility index (Phi) is 3.62. The number of halogens is 1. The number of carbonyl (C=O) groups excluding carboxylic acids is 1. The summed E-state index contributed by atoms with van der Waals surface area (Å²) in [6, 6.07) is 10.7. The van der Waals surface area contributed by atoms with Crippen molar-refractivity contribution in [3.05, 3.63) is 53.5 Å². The van der Waals surface area contributed by atoms with Crippen LogP contribution in [0.15, 0.2) is 47.1 Å². The smallest absolute Gasteiger partial charge is 0.266 e. The number of pyridine rings is 1. The monoisotopic (exact) mass is 342 g/mol. The Morgan fingerprint density at radius 2 is 2.08 bits per heavy atom. The topological polar surface area (TPSA) is 81.4 Å².